The van der Waals surface area contributed by atoms with Crippen LogP contribution in [-0.2, 0) is 10.2 Å². The molecule has 0 aliphatic heterocycles. The smallest absolute Gasteiger partial charge is 0.333 e. The lowest BCUT2D eigenvalue weighted by Gasteiger charge is -2.37. The fraction of sp³-hybridized carbons (Fsp3) is 0.500. The summed E-state index contributed by atoms with van der Waals surface area (Å²) in [4.78, 5) is 11.0. The normalized spacial score (nSPS) is 19.7. The molecule has 1 aromatic rings. The van der Waals surface area contributed by atoms with E-state index in [4.69, 9.17) is 5.11 Å². The van der Waals surface area contributed by atoms with Gasteiger partial charge in [-0.05, 0) is 23.8 Å². The summed E-state index contributed by atoms with van der Waals surface area (Å²) in [6.45, 7) is 4.03. The average Bonchev–Trinajstić information content (AvgIpc) is 3.10. The van der Waals surface area contributed by atoms with E-state index in [2.05, 4.69) is 0 Å². The van der Waals surface area contributed by atoms with Gasteiger partial charge in [0.05, 0.1) is 0 Å². The summed E-state index contributed by atoms with van der Waals surface area (Å²) in [7, 11) is 0. The topological polar surface area (TPSA) is 57.5 Å². The number of carboxylic acids is 1. The minimum Gasteiger partial charge on any atom is -0.479 e. The number of benzene rings is 1. The molecule has 1 aliphatic rings. The molecule has 0 amide bonds. The summed E-state index contributed by atoms with van der Waals surface area (Å²) in [5.74, 6) is -1.12. The first kappa shape index (κ1) is 12.1. The Balaban J connectivity index is 2.36. The SMILES string of the molecule is CC(C)(c1ccccc1)C1(C(O)C(=O)O)CC1. The van der Waals surface area contributed by atoms with Crippen LogP contribution in [0.3, 0.4) is 0 Å². The average molecular weight is 234 g/mol. The lowest BCUT2D eigenvalue weighted by molar-refractivity contribution is -0.152. The maximum atomic E-state index is 11.0. The van der Waals surface area contributed by atoms with E-state index in [1.54, 1.807) is 0 Å². The number of carboxylic acid groups (broad SMARTS) is 1. The molecule has 1 saturated carbocycles. The van der Waals surface area contributed by atoms with Crippen molar-refractivity contribution >= 4 is 5.97 Å². The number of aliphatic hydroxyl groups excluding tert-OH is 1. The van der Waals surface area contributed by atoms with Gasteiger partial charge < -0.3 is 10.2 Å². The summed E-state index contributed by atoms with van der Waals surface area (Å²) < 4.78 is 0. The van der Waals surface area contributed by atoms with Crippen molar-refractivity contribution in [3.63, 3.8) is 0 Å². The number of hydrogen-bond donors (Lipinski definition) is 2. The van der Waals surface area contributed by atoms with E-state index in [0.29, 0.717) is 0 Å². The van der Waals surface area contributed by atoms with Crippen molar-refractivity contribution < 1.29 is 15.0 Å². The zero-order chi connectivity index (χ0) is 12.7. The molecule has 0 bridgehead atoms. The number of hydrogen-bond acceptors (Lipinski definition) is 2. The first-order valence-corrected chi connectivity index (χ1v) is 5.88. The van der Waals surface area contributed by atoms with Crippen LogP contribution >= 0.6 is 0 Å². The van der Waals surface area contributed by atoms with Crippen LogP contribution in [0.2, 0.25) is 0 Å². The fourth-order valence-corrected chi connectivity index (χ4v) is 2.75. The van der Waals surface area contributed by atoms with Crippen LogP contribution in [0.15, 0.2) is 30.3 Å². The monoisotopic (exact) mass is 234 g/mol. The number of rotatable bonds is 4. The van der Waals surface area contributed by atoms with Gasteiger partial charge in [-0.2, -0.15) is 0 Å². The molecule has 0 spiro atoms. The molecule has 3 nitrogen and oxygen atoms in total. The maximum absolute atomic E-state index is 11.0. The predicted molar refractivity (Wildman–Crippen MR) is 64.8 cm³/mol. The van der Waals surface area contributed by atoms with Crippen LogP contribution in [0.5, 0.6) is 0 Å². The third-order valence-corrected chi connectivity index (χ3v) is 4.29. The lowest BCUT2D eigenvalue weighted by Crippen LogP contribution is -2.43. The standard InChI is InChI=1S/C14H18O3/c1-13(2,10-6-4-3-5-7-10)14(8-9-14)11(15)12(16)17/h3-7,11,15H,8-9H2,1-2H3,(H,16,17). The summed E-state index contributed by atoms with van der Waals surface area (Å²) in [5, 5.41) is 18.9. The van der Waals surface area contributed by atoms with Crippen molar-refractivity contribution in [2.45, 2.75) is 38.2 Å². The predicted octanol–water partition coefficient (Wildman–Crippen LogP) is 2.19. The second-order valence-corrected chi connectivity index (χ2v) is 5.39. The Kier molecular flexibility index (Phi) is 2.74. The van der Waals surface area contributed by atoms with E-state index in [-0.39, 0.29) is 5.41 Å². The molecule has 1 aliphatic carbocycles. The summed E-state index contributed by atoms with van der Waals surface area (Å²) in [6.07, 6.45) is 0.253. The minimum absolute atomic E-state index is 0.327. The van der Waals surface area contributed by atoms with E-state index in [1.807, 2.05) is 44.2 Å². The molecule has 2 rings (SSSR count). The van der Waals surface area contributed by atoms with Crippen LogP contribution in [0.25, 0.3) is 0 Å². The highest BCUT2D eigenvalue weighted by molar-refractivity contribution is 5.74. The molecule has 1 aromatic carbocycles. The molecular weight excluding hydrogens is 216 g/mol. The number of carbonyl (C=O) groups is 1. The van der Waals surface area contributed by atoms with Crippen LogP contribution < -0.4 is 0 Å². The minimum atomic E-state index is -1.28. The van der Waals surface area contributed by atoms with Crippen molar-refractivity contribution in [2.75, 3.05) is 0 Å². The van der Waals surface area contributed by atoms with Gasteiger partial charge in [0.15, 0.2) is 6.10 Å². The van der Waals surface area contributed by atoms with E-state index < -0.39 is 17.5 Å². The van der Waals surface area contributed by atoms with Gasteiger partial charge in [0.25, 0.3) is 0 Å². The van der Waals surface area contributed by atoms with Crippen LogP contribution in [-0.4, -0.2) is 22.3 Å². The Morgan fingerprint density at radius 1 is 1.29 bits per heavy atom. The van der Waals surface area contributed by atoms with Gasteiger partial charge in [-0.3, -0.25) is 0 Å². The Hall–Kier alpha value is -1.35. The van der Waals surface area contributed by atoms with Gasteiger partial charge in [0.2, 0.25) is 0 Å². The molecule has 0 heterocycles. The van der Waals surface area contributed by atoms with Crippen LogP contribution in [0.4, 0.5) is 0 Å². The highest BCUT2D eigenvalue weighted by Gasteiger charge is 2.61. The second-order valence-electron chi connectivity index (χ2n) is 5.39. The highest BCUT2D eigenvalue weighted by Crippen LogP contribution is 2.61. The first-order chi connectivity index (χ1) is 7.92. The Morgan fingerprint density at radius 2 is 1.82 bits per heavy atom. The summed E-state index contributed by atoms with van der Waals surface area (Å²) in [6, 6.07) is 9.82. The lowest BCUT2D eigenvalue weighted by atomic mass is 9.68. The first-order valence-electron chi connectivity index (χ1n) is 5.88. The van der Waals surface area contributed by atoms with E-state index >= 15 is 0 Å². The third kappa shape index (κ3) is 1.75. The Bertz CT molecular complexity index is 418. The van der Waals surface area contributed by atoms with Gasteiger partial charge in [-0.1, -0.05) is 44.2 Å². The molecule has 1 fully saturated rings. The summed E-state index contributed by atoms with van der Waals surface area (Å²) >= 11 is 0. The molecule has 92 valence electrons. The zero-order valence-electron chi connectivity index (χ0n) is 10.2. The second kappa shape index (κ2) is 3.84. The molecule has 1 atom stereocenters. The molecule has 2 N–H and O–H groups in total. The van der Waals surface area contributed by atoms with Gasteiger partial charge in [0.1, 0.15) is 0 Å². The molecular formula is C14H18O3. The van der Waals surface area contributed by atoms with Crippen molar-refractivity contribution in [1.29, 1.82) is 0 Å². The van der Waals surface area contributed by atoms with E-state index in [1.165, 1.54) is 0 Å². The van der Waals surface area contributed by atoms with Gasteiger partial charge in [-0.25, -0.2) is 4.79 Å². The van der Waals surface area contributed by atoms with Crippen molar-refractivity contribution in [2.24, 2.45) is 5.41 Å². The van der Waals surface area contributed by atoms with Gasteiger partial charge in [0, 0.05) is 5.41 Å². The van der Waals surface area contributed by atoms with Crippen molar-refractivity contribution in [3.05, 3.63) is 35.9 Å². The molecule has 0 radical (unpaired) electrons. The van der Waals surface area contributed by atoms with Crippen molar-refractivity contribution in [3.8, 4) is 0 Å². The maximum Gasteiger partial charge on any atom is 0.333 e. The number of aliphatic carboxylic acids is 1. The zero-order valence-corrected chi connectivity index (χ0v) is 10.2. The van der Waals surface area contributed by atoms with Gasteiger partial charge >= 0.3 is 5.97 Å². The quantitative estimate of drug-likeness (QED) is 0.839. The molecule has 1 unspecified atom stereocenters. The fourth-order valence-electron chi connectivity index (χ4n) is 2.75. The molecule has 17 heavy (non-hydrogen) atoms. The van der Waals surface area contributed by atoms with Crippen LogP contribution in [0.1, 0.15) is 32.3 Å². The Labute approximate surface area is 101 Å². The molecule has 0 saturated heterocycles. The molecule has 3 heteroatoms. The molecule has 0 aromatic heterocycles. The third-order valence-electron chi connectivity index (χ3n) is 4.29. The summed E-state index contributed by atoms with van der Waals surface area (Å²) in [5.41, 5.74) is 0.240. The van der Waals surface area contributed by atoms with Gasteiger partial charge in [-0.15, -0.1) is 0 Å². The van der Waals surface area contributed by atoms with E-state index in [9.17, 15) is 9.90 Å². The van der Waals surface area contributed by atoms with E-state index in [0.717, 1.165) is 18.4 Å². The Morgan fingerprint density at radius 3 is 2.24 bits per heavy atom. The largest absolute Gasteiger partial charge is 0.479 e. The highest BCUT2D eigenvalue weighted by atomic mass is 16.4. The van der Waals surface area contributed by atoms with Crippen LogP contribution in [0, 0.1) is 5.41 Å². The van der Waals surface area contributed by atoms with Crippen molar-refractivity contribution in [1.82, 2.24) is 0 Å². The number of aliphatic hydroxyl groups is 1.